The molecule has 0 amide bonds. The van der Waals surface area contributed by atoms with Gasteiger partial charge in [0.25, 0.3) is 0 Å². The molecular formula is C42H34O6S6. The van der Waals surface area contributed by atoms with E-state index >= 15 is 0 Å². The van der Waals surface area contributed by atoms with E-state index in [9.17, 15) is 0 Å². The number of thiophene rings is 2. The highest BCUT2D eigenvalue weighted by Crippen LogP contribution is 2.83. The molecule has 4 aromatic carbocycles. The molecule has 0 radical (unpaired) electrons. The number of fused-ring (bicyclic) bond motifs is 7. The van der Waals surface area contributed by atoms with E-state index in [-0.39, 0.29) is 8.16 Å². The summed E-state index contributed by atoms with van der Waals surface area (Å²) in [6.45, 7) is 3.46. The smallest absolute Gasteiger partial charge is 0.161 e. The molecular weight excluding hydrogens is 793 g/mol. The molecule has 0 fully saturated rings. The van der Waals surface area contributed by atoms with Gasteiger partial charge in [0.2, 0.25) is 0 Å². The molecule has 3 aliphatic heterocycles. The Labute approximate surface area is 339 Å². The first-order valence-corrected chi connectivity index (χ1v) is 22.8. The van der Waals surface area contributed by atoms with Gasteiger partial charge in [0, 0.05) is 51.6 Å². The first kappa shape index (κ1) is 35.2. The second kappa shape index (κ2) is 15.0. The Balaban J connectivity index is 1.11. The summed E-state index contributed by atoms with van der Waals surface area (Å²) in [4.78, 5) is 8.06. The lowest BCUT2D eigenvalue weighted by Crippen LogP contribution is -2.39. The molecule has 0 N–H and O–H groups in total. The molecule has 1 aliphatic carbocycles. The quantitative estimate of drug-likeness (QED) is 0.148. The number of ether oxygens (including phenoxy) is 6. The van der Waals surface area contributed by atoms with Crippen molar-refractivity contribution in [2.45, 2.75) is 41.0 Å². The molecule has 6 aromatic rings. The Morgan fingerprint density at radius 2 is 0.722 bits per heavy atom. The molecule has 0 saturated heterocycles. The van der Waals surface area contributed by atoms with E-state index in [2.05, 4.69) is 59.3 Å². The minimum absolute atomic E-state index is 0.326. The fraction of sp³-hybridized carbons (Fsp3) is 0.238. The Bertz CT molecular complexity index is 2110. The fourth-order valence-corrected chi connectivity index (χ4v) is 17.8. The van der Waals surface area contributed by atoms with Crippen molar-refractivity contribution in [2.75, 3.05) is 39.6 Å². The predicted octanol–water partition coefficient (Wildman–Crippen LogP) is 11.6. The van der Waals surface area contributed by atoms with E-state index < -0.39 is 0 Å². The van der Waals surface area contributed by atoms with Crippen LogP contribution in [0, 0.1) is 0 Å². The van der Waals surface area contributed by atoms with Crippen molar-refractivity contribution < 1.29 is 28.4 Å². The van der Waals surface area contributed by atoms with E-state index in [0.29, 0.717) is 75.9 Å². The molecule has 0 saturated carbocycles. The largest absolute Gasteiger partial charge is 0.487 e. The van der Waals surface area contributed by atoms with Crippen molar-refractivity contribution in [3.8, 4) is 34.1 Å². The summed E-state index contributed by atoms with van der Waals surface area (Å²) < 4.78 is 36.6. The minimum atomic E-state index is -0.326. The van der Waals surface area contributed by atoms with Gasteiger partial charge in [-0.1, -0.05) is 95.6 Å². The van der Waals surface area contributed by atoms with Gasteiger partial charge >= 0.3 is 0 Å². The normalized spacial score (nSPS) is 18.6. The average Bonchev–Trinajstić information content (AvgIpc) is 4.00. The molecule has 0 atom stereocenters. The number of hydrogen-bond donors (Lipinski definition) is 0. The van der Waals surface area contributed by atoms with Gasteiger partial charge in [0.15, 0.2) is 23.0 Å². The summed E-state index contributed by atoms with van der Waals surface area (Å²) in [6, 6.07) is 33.6. The Morgan fingerprint density at radius 3 is 1.11 bits per heavy atom. The number of para-hydroxylation sites is 4. The zero-order chi connectivity index (χ0) is 36.0. The monoisotopic (exact) mass is 826 g/mol. The Hall–Kier alpha value is -3.20. The molecule has 2 spiro atoms. The van der Waals surface area contributed by atoms with Gasteiger partial charge in [-0.3, -0.25) is 0 Å². The summed E-state index contributed by atoms with van der Waals surface area (Å²) in [5.41, 5.74) is 4.86. The lowest BCUT2D eigenvalue weighted by Gasteiger charge is -2.46. The SMILES string of the molecule is c1ccc2c(c1)OCCOCCOCCOc1ccccc1OCc1csc3c1-c1c(csc1C1(Sc4ccccc4S1)C31Sc3ccccc3S1)CO2. The predicted molar refractivity (Wildman–Crippen MR) is 221 cm³/mol. The molecule has 2 aromatic heterocycles. The van der Waals surface area contributed by atoms with E-state index in [1.807, 2.05) is 118 Å². The molecule has 4 aliphatic rings. The first-order valence-electron chi connectivity index (χ1n) is 17.7. The highest BCUT2D eigenvalue weighted by atomic mass is 32.2. The standard InChI is InChI=1S/C42H34O6S6/c1-3-11-31-29(9-1)45-21-19-43-17-18-44-20-22-46-30-10-2-4-12-32(30)48-24-28-26-50-40-38(28)37-27(23-47-31)25-49-39(37)41(51-33-13-5-6-14-34(33)52-41)42(40)53-35-15-7-8-16-36(35)54-42/h1-16,25-26H,17-24H2. The van der Waals surface area contributed by atoms with Crippen molar-refractivity contribution in [1.29, 1.82) is 0 Å². The summed E-state index contributed by atoms with van der Waals surface area (Å²) >= 11 is 11.8. The van der Waals surface area contributed by atoms with Crippen LogP contribution >= 0.6 is 69.7 Å². The minimum Gasteiger partial charge on any atom is -0.487 e. The molecule has 0 unspecified atom stereocenters. The molecule has 54 heavy (non-hydrogen) atoms. The number of benzene rings is 4. The van der Waals surface area contributed by atoms with Crippen molar-refractivity contribution in [2.24, 2.45) is 0 Å². The molecule has 274 valence electrons. The van der Waals surface area contributed by atoms with Crippen LogP contribution in [-0.4, -0.2) is 39.6 Å². The Morgan fingerprint density at radius 1 is 0.389 bits per heavy atom. The van der Waals surface area contributed by atoms with E-state index in [0.717, 1.165) is 11.1 Å². The van der Waals surface area contributed by atoms with Crippen LogP contribution in [0.3, 0.4) is 0 Å². The topological polar surface area (TPSA) is 55.4 Å². The number of hydrogen-bond acceptors (Lipinski definition) is 12. The van der Waals surface area contributed by atoms with Gasteiger partial charge in [-0.2, -0.15) is 0 Å². The van der Waals surface area contributed by atoms with Gasteiger partial charge < -0.3 is 28.4 Å². The lowest BCUT2D eigenvalue weighted by atomic mass is 9.90. The van der Waals surface area contributed by atoms with Gasteiger partial charge in [-0.25, -0.2) is 0 Å². The first-order chi connectivity index (χ1) is 26.7. The van der Waals surface area contributed by atoms with E-state index in [1.54, 1.807) is 0 Å². The van der Waals surface area contributed by atoms with Crippen molar-refractivity contribution in [1.82, 2.24) is 0 Å². The molecule has 6 nitrogen and oxygen atoms in total. The van der Waals surface area contributed by atoms with Crippen LogP contribution in [-0.2, 0) is 30.8 Å². The molecule has 12 heteroatoms. The van der Waals surface area contributed by atoms with Crippen molar-refractivity contribution in [3.05, 3.63) is 129 Å². The van der Waals surface area contributed by atoms with Crippen LogP contribution in [0.25, 0.3) is 11.1 Å². The highest BCUT2D eigenvalue weighted by Gasteiger charge is 2.67. The van der Waals surface area contributed by atoms with E-state index in [4.69, 9.17) is 28.4 Å². The summed E-state index contributed by atoms with van der Waals surface area (Å²) in [5, 5.41) is 4.64. The third-order valence-electron chi connectivity index (χ3n) is 9.54. The second-order valence-electron chi connectivity index (χ2n) is 12.9. The second-order valence-corrected chi connectivity index (χ2v) is 20.2. The van der Waals surface area contributed by atoms with Gasteiger partial charge in [-0.05, 0) is 59.3 Å². The maximum absolute atomic E-state index is 6.67. The van der Waals surface area contributed by atoms with Crippen molar-refractivity contribution in [3.63, 3.8) is 0 Å². The zero-order valence-corrected chi connectivity index (χ0v) is 33.8. The Kier molecular flexibility index (Phi) is 9.81. The third-order valence-corrected chi connectivity index (χ3v) is 19.6. The fourth-order valence-electron chi connectivity index (χ4n) is 7.12. The van der Waals surface area contributed by atoms with Crippen LogP contribution in [0.5, 0.6) is 23.0 Å². The van der Waals surface area contributed by atoms with Gasteiger partial charge in [-0.15, -0.1) is 22.7 Å². The maximum Gasteiger partial charge on any atom is 0.161 e. The third kappa shape index (κ3) is 6.14. The average molecular weight is 827 g/mol. The van der Waals surface area contributed by atoms with Crippen LogP contribution in [0.1, 0.15) is 20.9 Å². The van der Waals surface area contributed by atoms with Crippen LogP contribution < -0.4 is 18.9 Å². The van der Waals surface area contributed by atoms with Crippen LogP contribution in [0.4, 0.5) is 0 Å². The zero-order valence-electron chi connectivity index (χ0n) is 28.9. The molecule has 5 heterocycles. The van der Waals surface area contributed by atoms with Gasteiger partial charge in [0.1, 0.15) is 34.6 Å². The maximum atomic E-state index is 6.67. The summed E-state index contributed by atoms with van der Waals surface area (Å²) in [6.07, 6.45) is 0. The summed E-state index contributed by atoms with van der Waals surface area (Å²) in [5.74, 6) is 2.83. The van der Waals surface area contributed by atoms with Crippen LogP contribution in [0.2, 0.25) is 0 Å². The van der Waals surface area contributed by atoms with Gasteiger partial charge in [0.05, 0.1) is 26.4 Å². The molecule has 0 bridgehead atoms. The summed E-state index contributed by atoms with van der Waals surface area (Å²) in [7, 11) is 0. The van der Waals surface area contributed by atoms with Crippen molar-refractivity contribution >= 4 is 69.7 Å². The lowest BCUT2D eigenvalue weighted by molar-refractivity contribution is 0.0267. The number of rotatable bonds is 0. The van der Waals surface area contributed by atoms with E-state index in [1.165, 1.54) is 40.5 Å². The number of thioether (sulfide) groups is 4. The van der Waals surface area contributed by atoms with Crippen LogP contribution in [0.15, 0.2) is 127 Å². The highest BCUT2D eigenvalue weighted by molar-refractivity contribution is 8.26. The molecule has 10 rings (SSSR count).